The lowest BCUT2D eigenvalue weighted by Gasteiger charge is -2.41. The van der Waals surface area contributed by atoms with Crippen LogP contribution < -0.4 is 15.1 Å². The molecular formula is C38H40N2O12. The van der Waals surface area contributed by atoms with E-state index in [2.05, 4.69) is 4.99 Å². The van der Waals surface area contributed by atoms with Crippen LogP contribution in [0.3, 0.4) is 0 Å². The minimum Gasteiger partial charge on any atom is -0.508 e. The summed E-state index contributed by atoms with van der Waals surface area (Å²) in [6.45, 7) is 4.11. The van der Waals surface area contributed by atoms with E-state index < -0.39 is 55.3 Å². The van der Waals surface area contributed by atoms with Gasteiger partial charge in [-0.25, -0.2) is 9.78 Å². The molecule has 0 radical (unpaired) electrons. The number of allylic oxidation sites excluding steroid dienone is 1. The van der Waals surface area contributed by atoms with Crippen LogP contribution in [0.4, 0.5) is 5.69 Å². The Balaban J connectivity index is 1.19. The van der Waals surface area contributed by atoms with Gasteiger partial charge in [0.2, 0.25) is 0 Å². The Morgan fingerprint density at radius 3 is 2.62 bits per heavy atom. The zero-order chi connectivity index (χ0) is 37.1. The smallest absolute Gasteiger partial charge is 0.193 e. The highest BCUT2D eigenvalue weighted by Crippen LogP contribution is 2.47. The molecule has 14 nitrogen and oxygen atoms in total. The van der Waals surface area contributed by atoms with E-state index in [-0.39, 0.29) is 23.3 Å². The second kappa shape index (κ2) is 13.3. The molecule has 7 rings (SSSR count). The number of benzene rings is 3. The van der Waals surface area contributed by atoms with Crippen LogP contribution in [-0.2, 0) is 22.6 Å². The first-order chi connectivity index (χ1) is 24.7. The largest absolute Gasteiger partial charge is 0.508 e. The minimum atomic E-state index is -2.35. The third-order valence-electron chi connectivity index (χ3n) is 9.93. The third-order valence-corrected chi connectivity index (χ3v) is 9.93. The molecule has 0 unspecified atom stereocenters. The van der Waals surface area contributed by atoms with E-state index in [1.807, 2.05) is 17.2 Å². The number of aliphatic hydroxyl groups excluding tert-OH is 4. The molecule has 1 aromatic heterocycles. The van der Waals surface area contributed by atoms with Crippen molar-refractivity contribution >= 4 is 33.6 Å². The number of ether oxygens (including phenoxy) is 1. The predicted molar refractivity (Wildman–Crippen MR) is 189 cm³/mol. The van der Waals surface area contributed by atoms with Crippen LogP contribution in [-0.4, -0.2) is 97.3 Å². The van der Waals surface area contributed by atoms with Gasteiger partial charge in [-0.3, -0.25) is 9.79 Å². The lowest BCUT2D eigenvalue weighted by molar-refractivity contribution is -0.369. The average Bonchev–Trinajstić information content (AvgIpc) is 3.71. The van der Waals surface area contributed by atoms with Gasteiger partial charge in [0.1, 0.15) is 65.2 Å². The summed E-state index contributed by atoms with van der Waals surface area (Å²) in [7, 11) is 0. The van der Waals surface area contributed by atoms with Gasteiger partial charge in [0.05, 0.1) is 24.2 Å². The normalized spacial score (nSPS) is 20.5. The standard InChI is InChI=1S/C38H40N2O12/c1-19-10-29(44)26-11-22-12-31(37(2,3)51-34(22)32(35(26)50-19)40-15-21-8-9-39-27(21)16-40)52-49-18-38(48,36(47)33(46)30(45)17-41)14-20-4-7-28(43)24-6-5-23(42)13-25(20)24/h4-11,13,16,30-31,33,36,41-43,45-48H,12,14-15,17-18H2,1-3H3/t30-,31-,33-,36+,38+/m1/s1. The van der Waals surface area contributed by atoms with Crippen molar-refractivity contribution in [1.29, 1.82) is 0 Å². The number of hydrogen-bond acceptors (Lipinski definition) is 14. The topological polar surface area (TPSA) is 215 Å². The van der Waals surface area contributed by atoms with Crippen molar-refractivity contribution in [2.24, 2.45) is 4.99 Å². The SMILES string of the molecule is Cc1cc(=O)c2cc3c(c(N4C=C5N=CC=C5C4)c2o1)OC(C)(C)[C@H](OOC[C@@](O)(Cc1ccc(O)c2ccc(O)cc12)[C@@H](O)[C@H](O)[C@H](O)CO)C3. The molecule has 0 saturated heterocycles. The number of aliphatic hydroxyl groups is 5. The van der Waals surface area contributed by atoms with Crippen LogP contribution in [0, 0.1) is 6.92 Å². The molecule has 274 valence electrons. The maximum atomic E-state index is 13.2. The zero-order valence-corrected chi connectivity index (χ0v) is 28.7. The quantitative estimate of drug-likeness (QED) is 0.0879. The summed E-state index contributed by atoms with van der Waals surface area (Å²) in [5.74, 6) is 0.730. The van der Waals surface area contributed by atoms with E-state index in [1.54, 1.807) is 33.1 Å². The predicted octanol–water partition coefficient (Wildman–Crippen LogP) is 2.42. The maximum Gasteiger partial charge on any atom is 0.193 e. The Morgan fingerprint density at radius 1 is 1.08 bits per heavy atom. The van der Waals surface area contributed by atoms with Crippen LogP contribution in [0.1, 0.15) is 30.7 Å². The summed E-state index contributed by atoms with van der Waals surface area (Å²) in [5, 5.41) is 75.0. The van der Waals surface area contributed by atoms with Crippen LogP contribution in [0.2, 0.25) is 0 Å². The lowest BCUT2D eigenvalue weighted by atomic mass is 9.84. The van der Waals surface area contributed by atoms with Crippen molar-refractivity contribution in [2.45, 2.75) is 69.2 Å². The number of nitrogens with zero attached hydrogens (tertiary/aromatic N) is 2. The van der Waals surface area contributed by atoms with Crippen molar-refractivity contribution in [3.63, 3.8) is 0 Å². The van der Waals surface area contributed by atoms with Gasteiger partial charge in [-0.1, -0.05) is 6.07 Å². The first-order valence-electron chi connectivity index (χ1n) is 16.8. The summed E-state index contributed by atoms with van der Waals surface area (Å²) >= 11 is 0. The van der Waals surface area contributed by atoms with Crippen molar-refractivity contribution < 1.29 is 54.7 Å². The lowest BCUT2D eigenvalue weighted by Crippen LogP contribution is -2.57. The molecule has 0 spiro atoms. The van der Waals surface area contributed by atoms with Crippen molar-refractivity contribution in [2.75, 3.05) is 24.7 Å². The number of fused-ring (bicyclic) bond motifs is 4. The van der Waals surface area contributed by atoms with E-state index in [4.69, 9.17) is 18.9 Å². The van der Waals surface area contributed by atoms with Crippen molar-refractivity contribution in [1.82, 2.24) is 0 Å². The molecule has 0 aliphatic carbocycles. The number of phenols is 2. The van der Waals surface area contributed by atoms with E-state index in [0.29, 0.717) is 56.6 Å². The number of phenolic OH excluding ortho intramolecular Hbond substituents is 2. The molecule has 3 aliphatic rings. The van der Waals surface area contributed by atoms with Crippen molar-refractivity contribution in [3.8, 4) is 17.2 Å². The molecule has 0 saturated carbocycles. The molecular weight excluding hydrogens is 676 g/mol. The molecule has 0 bridgehead atoms. The van der Waals surface area contributed by atoms with E-state index in [1.165, 1.54) is 36.4 Å². The molecule has 7 N–H and O–H groups in total. The Bertz CT molecular complexity index is 2210. The third kappa shape index (κ3) is 6.32. The Kier molecular flexibility index (Phi) is 9.11. The van der Waals surface area contributed by atoms with Crippen LogP contribution in [0.25, 0.3) is 21.7 Å². The second-order valence-electron chi connectivity index (χ2n) is 14.1. The molecule has 3 aliphatic heterocycles. The summed E-state index contributed by atoms with van der Waals surface area (Å²) in [6, 6.07) is 10.2. The maximum absolute atomic E-state index is 13.2. The zero-order valence-electron chi connectivity index (χ0n) is 28.7. The van der Waals surface area contributed by atoms with Gasteiger partial charge in [0.25, 0.3) is 0 Å². The van der Waals surface area contributed by atoms with E-state index in [9.17, 15) is 40.5 Å². The Morgan fingerprint density at radius 2 is 1.87 bits per heavy atom. The molecule has 0 amide bonds. The number of hydrogen-bond donors (Lipinski definition) is 7. The fourth-order valence-electron chi connectivity index (χ4n) is 6.98. The number of aryl methyl sites for hydroxylation is 1. The van der Waals surface area contributed by atoms with Gasteiger partial charge in [0, 0.05) is 47.8 Å². The fraction of sp³-hybridized carbons (Fsp3) is 0.368. The van der Waals surface area contributed by atoms with Gasteiger partial charge < -0.3 is 49.8 Å². The molecule has 4 aromatic rings. The summed E-state index contributed by atoms with van der Waals surface area (Å²) < 4.78 is 12.7. The minimum absolute atomic E-state index is 0.0864. The van der Waals surface area contributed by atoms with Crippen molar-refractivity contribution in [3.05, 3.63) is 93.1 Å². The fourth-order valence-corrected chi connectivity index (χ4v) is 6.98. The average molecular weight is 717 g/mol. The van der Waals surface area contributed by atoms with E-state index in [0.717, 1.165) is 11.3 Å². The monoisotopic (exact) mass is 716 g/mol. The van der Waals surface area contributed by atoms with Crippen LogP contribution >= 0.6 is 0 Å². The molecule has 0 fully saturated rings. The molecule has 5 atom stereocenters. The highest BCUT2D eigenvalue weighted by Gasteiger charge is 2.46. The van der Waals surface area contributed by atoms with Gasteiger partial charge in [-0.2, -0.15) is 0 Å². The summed E-state index contributed by atoms with van der Waals surface area (Å²) in [4.78, 5) is 31.1. The molecule has 4 heterocycles. The van der Waals surface area contributed by atoms with Gasteiger partial charge >= 0.3 is 0 Å². The second-order valence-corrected chi connectivity index (χ2v) is 14.1. The number of aromatic hydroxyl groups is 2. The van der Waals surface area contributed by atoms with E-state index >= 15 is 0 Å². The number of aliphatic imine (C=N–C) groups is 1. The first kappa shape index (κ1) is 35.6. The van der Waals surface area contributed by atoms with Crippen LogP contribution in [0.5, 0.6) is 17.2 Å². The number of rotatable bonds is 11. The van der Waals surface area contributed by atoms with Gasteiger partial charge in [0.15, 0.2) is 16.8 Å². The molecule has 14 heteroatoms. The molecule has 52 heavy (non-hydrogen) atoms. The summed E-state index contributed by atoms with van der Waals surface area (Å²) in [5.41, 5.74) is 0.0900. The number of anilines is 1. The Hall–Kier alpha value is -4.80. The van der Waals surface area contributed by atoms with Gasteiger partial charge in [-0.05, 0) is 68.1 Å². The molecule has 3 aromatic carbocycles. The Labute approximate surface area is 297 Å². The van der Waals surface area contributed by atoms with Crippen LogP contribution in [0.15, 0.2) is 80.2 Å². The first-order valence-corrected chi connectivity index (χ1v) is 16.8. The highest BCUT2D eigenvalue weighted by molar-refractivity contribution is 5.96. The highest BCUT2D eigenvalue weighted by atomic mass is 17.2. The van der Waals surface area contributed by atoms with Gasteiger partial charge in [-0.15, -0.1) is 0 Å². The summed E-state index contributed by atoms with van der Waals surface area (Å²) in [6.07, 6.45) is -1.38.